The lowest BCUT2D eigenvalue weighted by atomic mass is 10.2. The van der Waals surface area contributed by atoms with Gasteiger partial charge in [-0.1, -0.05) is 6.92 Å². The van der Waals surface area contributed by atoms with Crippen LogP contribution in [0.2, 0.25) is 0 Å². The molecule has 11 heteroatoms. The van der Waals surface area contributed by atoms with Crippen molar-refractivity contribution in [3.05, 3.63) is 12.4 Å². The average molecular weight is 340 g/mol. The van der Waals surface area contributed by atoms with Gasteiger partial charge in [-0.2, -0.15) is 22.6 Å². The van der Waals surface area contributed by atoms with Gasteiger partial charge in [0.25, 0.3) is 0 Å². The average Bonchev–Trinajstić information content (AvgIpc) is 2.85. The van der Waals surface area contributed by atoms with E-state index in [9.17, 15) is 26.4 Å². The smallest absolute Gasteiger partial charge is 0.353 e. The van der Waals surface area contributed by atoms with Gasteiger partial charge in [-0.3, -0.25) is 9.48 Å². The molecule has 2 rings (SSSR count). The zero-order valence-electron chi connectivity index (χ0n) is 11.7. The normalized spacial score (nSPS) is 20.9. The number of alkyl halides is 3. The number of hydrogen-bond donors (Lipinski definition) is 1. The third-order valence-electron chi connectivity index (χ3n) is 3.23. The molecule has 0 aliphatic carbocycles. The van der Waals surface area contributed by atoms with Gasteiger partial charge in [-0.25, -0.2) is 8.42 Å². The lowest BCUT2D eigenvalue weighted by Crippen LogP contribution is -2.56. The number of carbonyl (C=O) groups excluding carboxylic acids is 1. The van der Waals surface area contributed by atoms with Crippen LogP contribution in [0.4, 0.5) is 13.2 Å². The summed E-state index contributed by atoms with van der Waals surface area (Å²) < 4.78 is 63.4. The van der Waals surface area contributed by atoms with Crippen molar-refractivity contribution in [2.24, 2.45) is 0 Å². The number of aromatic nitrogens is 2. The fourth-order valence-electron chi connectivity index (χ4n) is 2.25. The summed E-state index contributed by atoms with van der Waals surface area (Å²) in [6.45, 7) is 0.508. The fourth-order valence-corrected chi connectivity index (χ4v) is 3.87. The van der Waals surface area contributed by atoms with Gasteiger partial charge in [-0.15, -0.1) is 0 Å². The van der Waals surface area contributed by atoms with Crippen molar-refractivity contribution in [1.29, 1.82) is 0 Å². The van der Waals surface area contributed by atoms with Crippen molar-refractivity contribution in [1.82, 2.24) is 19.4 Å². The highest BCUT2D eigenvalue weighted by Crippen LogP contribution is 2.22. The van der Waals surface area contributed by atoms with Crippen molar-refractivity contribution in [3.8, 4) is 0 Å². The molecule has 0 bridgehead atoms. The van der Waals surface area contributed by atoms with Gasteiger partial charge in [0, 0.05) is 19.3 Å². The largest absolute Gasteiger partial charge is 0.408 e. The zero-order chi connectivity index (χ0) is 16.5. The third-order valence-corrected chi connectivity index (χ3v) is 5.09. The topological polar surface area (TPSA) is 84.3 Å². The lowest BCUT2D eigenvalue weighted by Gasteiger charge is -2.32. The van der Waals surface area contributed by atoms with Crippen LogP contribution in [0, 0.1) is 0 Å². The van der Waals surface area contributed by atoms with Gasteiger partial charge in [0.15, 0.2) is 0 Å². The Labute approximate surface area is 125 Å². The Bertz CT molecular complexity index is 656. The minimum atomic E-state index is -4.50. The number of amides is 1. The first kappa shape index (κ1) is 16.7. The van der Waals surface area contributed by atoms with E-state index in [1.165, 1.54) is 0 Å². The number of halogens is 3. The number of rotatable bonds is 4. The lowest BCUT2D eigenvalue weighted by molar-refractivity contribution is -0.142. The maximum Gasteiger partial charge on any atom is 0.408 e. The van der Waals surface area contributed by atoms with Gasteiger partial charge < -0.3 is 5.32 Å². The Morgan fingerprint density at radius 1 is 1.45 bits per heavy atom. The highest BCUT2D eigenvalue weighted by Gasteiger charge is 2.38. The summed E-state index contributed by atoms with van der Waals surface area (Å²) >= 11 is 0. The molecule has 1 aliphatic rings. The second kappa shape index (κ2) is 5.88. The van der Waals surface area contributed by atoms with Crippen molar-refractivity contribution in [3.63, 3.8) is 0 Å². The molecule has 1 amide bonds. The van der Waals surface area contributed by atoms with Gasteiger partial charge in [0.2, 0.25) is 15.9 Å². The molecule has 0 spiro atoms. The molecule has 1 saturated heterocycles. The molecule has 1 N–H and O–H groups in total. The summed E-state index contributed by atoms with van der Waals surface area (Å²) in [6, 6.07) is -0.871. The minimum Gasteiger partial charge on any atom is -0.353 e. The van der Waals surface area contributed by atoms with Gasteiger partial charge >= 0.3 is 6.18 Å². The first-order valence-corrected chi connectivity index (χ1v) is 7.98. The van der Waals surface area contributed by atoms with E-state index in [0.717, 1.165) is 16.7 Å². The van der Waals surface area contributed by atoms with Crippen LogP contribution in [-0.2, 0) is 21.4 Å². The van der Waals surface area contributed by atoms with Crippen LogP contribution >= 0.6 is 0 Å². The van der Waals surface area contributed by atoms with Crippen molar-refractivity contribution >= 4 is 15.9 Å². The van der Waals surface area contributed by atoms with Crippen LogP contribution in [0.3, 0.4) is 0 Å². The van der Waals surface area contributed by atoms with Crippen LogP contribution in [0.5, 0.6) is 0 Å². The van der Waals surface area contributed by atoms with E-state index in [1.807, 2.05) is 0 Å². The molecule has 22 heavy (non-hydrogen) atoms. The van der Waals surface area contributed by atoms with Crippen molar-refractivity contribution in [2.45, 2.75) is 37.0 Å². The maximum absolute atomic E-state index is 12.5. The van der Waals surface area contributed by atoms with E-state index in [1.54, 1.807) is 6.92 Å². The van der Waals surface area contributed by atoms with Gasteiger partial charge in [0.1, 0.15) is 17.5 Å². The first-order valence-electron chi connectivity index (χ1n) is 6.54. The molecule has 1 fully saturated rings. The molecule has 1 aliphatic heterocycles. The number of carbonyl (C=O) groups is 1. The Morgan fingerprint density at radius 2 is 2.14 bits per heavy atom. The van der Waals surface area contributed by atoms with Crippen LogP contribution in [0.15, 0.2) is 17.3 Å². The summed E-state index contributed by atoms with van der Waals surface area (Å²) in [4.78, 5) is 11.4. The number of nitrogens with zero attached hydrogens (tertiary/aromatic N) is 3. The summed E-state index contributed by atoms with van der Waals surface area (Å²) in [5.74, 6) is -0.417. The molecule has 1 unspecified atom stereocenters. The predicted octanol–water partition coefficient (Wildman–Crippen LogP) is 0.344. The highest BCUT2D eigenvalue weighted by molar-refractivity contribution is 7.89. The van der Waals surface area contributed by atoms with Gasteiger partial charge in [-0.05, 0) is 6.42 Å². The number of sulfonamides is 1. The van der Waals surface area contributed by atoms with E-state index in [-0.39, 0.29) is 24.4 Å². The monoisotopic (exact) mass is 340 g/mol. The Balaban J connectivity index is 2.28. The number of hydrogen-bond acceptors (Lipinski definition) is 4. The quantitative estimate of drug-likeness (QED) is 0.857. The molecule has 0 saturated carbocycles. The fraction of sp³-hybridized carbons (Fsp3) is 0.636. The summed E-state index contributed by atoms with van der Waals surface area (Å²) in [6.07, 6.45) is -2.55. The van der Waals surface area contributed by atoms with Crippen LogP contribution in [0.1, 0.15) is 13.3 Å². The predicted molar refractivity (Wildman–Crippen MR) is 69.3 cm³/mol. The van der Waals surface area contributed by atoms with Crippen LogP contribution in [0.25, 0.3) is 0 Å². The molecule has 0 radical (unpaired) electrons. The summed E-state index contributed by atoms with van der Waals surface area (Å²) in [5, 5.41) is 5.98. The molecular formula is C11H15F3N4O3S. The Morgan fingerprint density at radius 3 is 2.73 bits per heavy atom. The molecule has 0 aromatic carbocycles. The standard InChI is InChI=1S/C11H15F3N4O3S/c1-2-9-10(19)15-3-4-18(9)22(20,21)8-5-16-17(6-8)7-11(12,13)14/h5-6,9H,2-4,7H2,1H3,(H,15,19). The second-order valence-electron chi connectivity index (χ2n) is 4.82. The molecule has 1 aromatic heterocycles. The zero-order valence-corrected chi connectivity index (χ0v) is 12.5. The second-order valence-corrected chi connectivity index (χ2v) is 6.71. The van der Waals surface area contributed by atoms with E-state index in [4.69, 9.17) is 0 Å². The van der Waals surface area contributed by atoms with Crippen LogP contribution in [-0.4, -0.2) is 53.7 Å². The molecule has 124 valence electrons. The van der Waals surface area contributed by atoms with Gasteiger partial charge in [0.05, 0.1) is 6.20 Å². The molecule has 2 heterocycles. The number of nitrogens with one attached hydrogen (secondary N) is 1. The molecule has 1 atom stereocenters. The first-order chi connectivity index (χ1) is 10.1. The third kappa shape index (κ3) is 3.40. The van der Waals surface area contributed by atoms with Crippen molar-refractivity contribution in [2.75, 3.05) is 13.1 Å². The summed E-state index contributed by atoms with van der Waals surface area (Å²) in [5.41, 5.74) is 0. The van der Waals surface area contributed by atoms with E-state index < -0.39 is 34.7 Å². The molecular weight excluding hydrogens is 325 g/mol. The Hall–Kier alpha value is -1.62. The molecule has 1 aromatic rings. The minimum absolute atomic E-state index is 0.0665. The van der Waals surface area contributed by atoms with Crippen LogP contribution < -0.4 is 5.32 Å². The Kier molecular flexibility index (Phi) is 4.47. The number of piperazine rings is 1. The maximum atomic E-state index is 12.5. The van der Waals surface area contributed by atoms with E-state index in [2.05, 4.69) is 10.4 Å². The van der Waals surface area contributed by atoms with E-state index in [0.29, 0.717) is 4.68 Å². The summed E-state index contributed by atoms with van der Waals surface area (Å²) in [7, 11) is -4.07. The highest BCUT2D eigenvalue weighted by atomic mass is 32.2. The van der Waals surface area contributed by atoms with Crippen molar-refractivity contribution < 1.29 is 26.4 Å². The van der Waals surface area contributed by atoms with E-state index >= 15 is 0 Å². The molecule has 7 nitrogen and oxygen atoms in total. The SMILES string of the molecule is CCC1C(=O)NCCN1S(=O)(=O)c1cnn(CC(F)(F)F)c1.